The van der Waals surface area contributed by atoms with Crippen LogP contribution in [0.4, 0.5) is 0 Å². The zero-order chi connectivity index (χ0) is 7.82. The molecule has 0 saturated carbocycles. The average molecular weight is 144 g/mol. The van der Waals surface area contributed by atoms with Gasteiger partial charge in [-0.15, -0.1) is 0 Å². The fourth-order valence-electron chi connectivity index (χ4n) is 0.748. The Morgan fingerprint density at radius 1 is 1.60 bits per heavy atom. The van der Waals surface area contributed by atoms with E-state index in [1.165, 1.54) is 12.7 Å². The number of ether oxygens (including phenoxy) is 1. The molecule has 0 saturated heterocycles. The van der Waals surface area contributed by atoms with Crippen molar-refractivity contribution in [3.63, 3.8) is 0 Å². The van der Waals surface area contributed by atoms with Gasteiger partial charge in [0, 0.05) is 6.42 Å². The van der Waals surface area contributed by atoms with Gasteiger partial charge < -0.3 is 9.84 Å². The van der Waals surface area contributed by atoms with Crippen LogP contribution in [0.1, 0.15) is 32.6 Å². The summed E-state index contributed by atoms with van der Waals surface area (Å²) < 4.78 is 4.71. The maximum Gasteiger partial charge on any atom is 0.196 e. The first-order valence-electron chi connectivity index (χ1n) is 3.75. The molecule has 0 radical (unpaired) electrons. The van der Waals surface area contributed by atoms with E-state index in [2.05, 4.69) is 13.5 Å². The van der Waals surface area contributed by atoms with Crippen molar-refractivity contribution >= 4 is 0 Å². The van der Waals surface area contributed by atoms with E-state index in [-0.39, 0.29) is 0 Å². The molecule has 10 heavy (non-hydrogen) atoms. The van der Waals surface area contributed by atoms with Gasteiger partial charge in [0.15, 0.2) is 6.29 Å². The largest absolute Gasteiger partial charge is 0.473 e. The Hall–Kier alpha value is -0.500. The highest BCUT2D eigenvalue weighted by Crippen LogP contribution is 2.03. The molecule has 0 amide bonds. The first-order chi connectivity index (χ1) is 4.81. The molecule has 0 aromatic rings. The monoisotopic (exact) mass is 144 g/mol. The second kappa shape index (κ2) is 6.62. The van der Waals surface area contributed by atoms with Crippen LogP contribution in [-0.2, 0) is 4.74 Å². The highest BCUT2D eigenvalue weighted by Gasteiger charge is 1.99. The lowest BCUT2D eigenvalue weighted by Gasteiger charge is -2.07. The zero-order valence-electron chi connectivity index (χ0n) is 6.55. The molecule has 1 N–H and O–H groups in total. The summed E-state index contributed by atoms with van der Waals surface area (Å²) >= 11 is 0. The van der Waals surface area contributed by atoms with Crippen molar-refractivity contribution in [3.8, 4) is 0 Å². The number of hydrogen-bond donors (Lipinski definition) is 1. The van der Waals surface area contributed by atoms with Crippen LogP contribution in [-0.4, -0.2) is 11.4 Å². The van der Waals surface area contributed by atoms with E-state index >= 15 is 0 Å². The Bertz CT molecular complexity index is 81.3. The third-order valence-electron chi connectivity index (χ3n) is 1.31. The Labute approximate surface area is 62.5 Å². The fraction of sp³-hybridized carbons (Fsp3) is 0.750. The Morgan fingerprint density at radius 2 is 2.30 bits per heavy atom. The van der Waals surface area contributed by atoms with Gasteiger partial charge in [-0.2, -0.15) is 0 Å². The molecule has 0 aliphatic carbocycles. The molecule has 0 fully saturated rings. The van der Waals surface area contributed by atoms with E-state index in [0.29, 0.717) is 6.42 Å². The minimum atomic E-state index is -0.649. The van der Waals surface area contributed by atoms with E-state index in [1.807, 2.05) is 0 Å². The Morgan fingerprint density at radius 3 is 2.80 bits per heavy atom. The maximum absolute atomic E-state index is 8.98. The summed E-state index contributed by atoms with van der Waals surface area (Å²) in [6.07, 6.45) is 4.67. The number of rotatable bonds is 6. The quantitative estimate of drug-likeness (QED) is 0.351. The van der Waals surface area contributed by atoms with Crippen molar-refractivity contribution in [2.24, 2.45) is 0 Å². The van der Waals surface area contributed by atoms with Crippen molar-refractivity contribution in [3.05, 3.63) is 12.8 Å². The molecule has 0 aromatic heterocycles. The molecule has 0 heterocycles. The second-order valence-electron chi connectivity index (χ2n) is 2.25. The van der Waals surface area contributed by atoms with E-state index < -0.39 is 6.29 Å². The van der Waals surface area contributed by atoms with Gasteiger partial charge in [0.25, 0.3) is 0 Å². The van der Waals surface area contributed by atoms with Crippen LogP contribution in [0.3, 0.4) is 0 Å². The number of hydrogen-bond acceptors (Lipinski definition) is 2. The average Bonchev–Trinajstić information content (AvgIpc) is 1.89. The SMILES string of the molecule is C=CO[C@@H](O)CCCCC. The highest BCUT2D eigenvalue weighted by atomic mass is 16.6. The molecule has 0 aliphatic heterocycles. The third kappa shape index (κ3) is 5.63. The molecule has 60 valence electrons. The molecule has 0 spiro atoms. The van der Waals surface area contributed by atoms with E-state index in [9.17, 15) is 0 Å². The molecular weight excluding hydrogens is 128 g/mol. The van der Waals surface area contributed by atoms with Crippen LogP contribution >= 0.6 is 0 Å². The van der Waals surface area contributed by atoms with Gasteiger partial charge in [-0.05, 0) is 6.42 Å². The van der Waals surface area contributed by atoms with Gasteiger partial charge in [0.2, 0.25) is 0 Å². The maximum atomic E-state index is 8.98. The number of aliphatic hydroxyl groups excluding tert-OH is 1. The van der Waals surface area contributed by atoms with E-state index in [4.69, 9.17) is 9.84 Å². The minimum Gasteiger partial charge on any atom is -0.473 e. The van der Waals surface area contributed by atoms with Crippen molar-refractivity contribution in [1.82, 2.24) is 0 Å². The first-order valence-corrected chi connectivity index (χ1v) is 3.75. The van der Waals surface area contributed by atoms with Crippen LogP contribution in [0.2, 0.25) is 0 Å². The molecule has 0 aliphatic rings. The molecule has 2 heteroatoms. The molecule has 0 rings (SSSR count). The van der Waals surface area contributed by atoms with Gasteiger partial charge in [-0.3, -0.25) is 0 Å². The Balaban J connectivity index is 3.04. The van der Waals surface area contributed by atoms with Crippen molar-refractivity contribution in [2.45, 2.75) is 38.9 Å². The van der Waals surface area contributed by atoms with E-state index in [0.717, 1.165) is 12.8 Å². The van der Waals surface area contributed by atoms with Crippen LogP contribution in [0.25, 0.3) is 0 Å². The smallest absolute Gasteiger partial charge is 0.196 e. The Kier molecular flexibility index (Phi) is 6.29. The third-order valence-corrected chi connectivity index (χ3v) is 1.31. The lowest BCUT2D eigenvalue weighted by atomic mass is 10.2. The molecule has 2 nitrogen and oxygen atoms in total. The second-order valence-corrected chi connectivity index (χ2v) is 2.25. The number of unbranched alkanes of at least 4 members (excludes halogenated alkanes) is 2. The van der Waals surface area contributed by atoms with Gasteiger partial charge in [-0.1, -0.05) is 26.3 Å². The van der Waals surface area contributed by atoms with Crippen molar-refractivity contribution < 1.29 is 9.84 Å². The van der Waals surface area contributed by atoms with Gasteiger partial charge in [0.05, 0.1) is 6.26 Å². The summed E-state index contributed by atoms with van der Waals surface area (Å²) in [5.74, 6) is 0. The number of aliphatic hydroxyl groups is 1. The van der Waals surface area contributed by atoms with Crippen LogP contribution < -0.4 is 0 Å². The predicted octanol–water partition coefficient (Wildman–Crippen LogP) is 2.05. The summed E-state index contributed by atoms with van der Waals surface area (Å²) in [4.78, 5) is 0. The molecular formula is C8H16O2. The lowest BCUT2D eigenvalue weighted by Crippen LogP contribution is -2.07. The zero-order valence-corrected chi connectivity index (χ0v) is 6.55. The van der Waals surface area contributed by atoms with Crippen molar-refractivity contribution in [1.29, 1.82) is 0 Å². The summed E-state index contributed by atoms with van der Waals surface area (Å²) in [6.45, 7) is 5.47. The van der Waals surface area contributed by atoms with Crippen LogP contribution in [0, 0.1) is 0 Å². The summed E-state index contributed by atoms with van der Waals surface area (Å²) in [5.41, 5.74) is 0. The van der Waals surface area contributed by atoms with Crippen LogP contribution in [0.15, 0.2) is 12.8 Å². The molecule has 0 unspecified atom stereocenters. The lowest BCUT2D eigenvalue weighted by molar-refractivity contribution is -0.0569. The van der Waals surface area contributed by atoms with Crippen molar-refractivity contribution in [2.75, 3.05) is 0 Å². The van der Waals surface area contributed by atoms with Crippen LogP contribution in [0.5, 0.6) is 0 Å². The highest BCUT2D eigenvalue weighted by molar-refractivity contribution is 4.52. The van der Waals surface area contributed by atoms with Gasteiger partial charge in [0.1, 0.15) is 0 Å². The predicted molar refractivity (Wildman–Crippen MR) is 41.4 cm³/mol. The topological polar surface area (TPSA) is 29.5 Å². The van der Waals surface area contributed by atoms with E-state index in [1.54, 1.807) is 0 Å². The van der Waals surface area contributed by atoms with Gasteiger partial charge >= 0.3 is 0 Å². The standard InChI is InChI=1S/C8H16O2/c1-3-5-6-7-8(9)10-4-2/h4,8-9H,2-3,5-7H2,1H3/t8-/m1/s1. The summed E-state index contributed by atoms with van der Waals surface area (Å²) in [6, 6.07) is 0. The summed E-state index contributed by atoms with van der Waals surface area (Å²) in [7, 11) is 0. The summed E-state index contributed by atoms with van der Waals surface area (Å²) in [5, 5.41) is 8.98. The molecule has 1 atom stereocenters. The van der Waals surface area contributed by atoms with Gasteiger partial charge in [-0.25, -0.2) is 0 Å². The molecule has 0 aromatic carbocycles. The fourth-order valence-corrected chi connectivity index (χ4v) is 0.748. The minimum absolute atomic E-state index is 0.649. The molecule has 0 bridgehead atoms. The first kappa shape index (κ1) is 9.50. The normalized spacial score (nSPS) is 12.6.